The fraction of sp³-hybridized carbons (Fsp3) is 0.889. The van der Waals surface area contributed by atoms with E-state index in [1.54, 1.807) is 0 Å². The predicted molar refractivity (Wildman–Crippen MR) is 92.9 cm³/mol. The highest BCUT2D eigenvalue weighted by molar-refractivity contribution is 5.69. The van der Waals surface area contributed by atoms with Crippen LogP contribution in [0.5, 0.6) is 0 Å². The molecular weight excluding hydrogens is 328 g/mol. The maximum Gasteiger partial charge on any atom is 0.305 e. The third-order valence-corrected chi connectivity index (χ3v) is 4.13. The molecule has 4 atom stereocenters. The molecule has 0 aromatic rings. The molecule has 0 saturated carbocycles. The second kappa shape index (κ2) is 15.3. The Morgan fingerprint density at radius 1 is 0.880 bits per heavy atom. The van der Waals surface area contributed by atoms with E-state index in [0.29, 0.717) is 6.42 Å². The first-order chi connectivity index (χ1) is 11.9. The van der Waals surface area contributed by atoms with Crippen molar-refractivity contribution in [2.24, 2.45) is 0 Å². The molecule has 7 heteroatoms. The molecule has 0 aliphatic heterocycles. The van der Waals surface area contributed by atoms with Crippen molar-refractivity contribution < 1.29 is 34.8 Å². The number of rotatable bonds is 16. The number of aliphatic hydroxyl groups excluding tert-OH is 4. The number of carbonyl (C=O) groups is 2. The Morgan fingerprint density at radius 3 is 1.92 bits per heavy atom. The van der Waals surface area contributed by atoms with Crippen LogP contribution >= 0.6 is 0 Å². The van der Waals surface area contributed by atoms with Crippen molar-refractivity contribution in [1.82, 2.24) is 0 Å². The molecule has 0 spiro atoms. The molecule has 0 radical (unpaired) electrons. The lowest BCUT2D eigenvalue weighted by molar-refractivity contribution is -0.156. The van der Waals surface area contributed by atoms with Crippen LogP contribution in [-0.4, -0.2) is 63.7 Å². The molecule has 0 rings (SSSR count). The van der Waals surface area contributed by atoms with E-state index in [1.165, 1.54) is 38.5 Å². The third kappa shape index (κ3) is 12.0. The topological polar surface area (TPSA) is 124 Å². The maximum atomic E-state index is 11.6. The SMILES string of the molecule is CCCCCCCCCCCC(=O)OC[C@@H](O)[C@H](O)[C@H](O)[C@@H](O)C=O. The summed E-state index contributed by atoms with van der Waals surface area (Å²) in [7, 11) is 0. The van der Waals surface area contributed by atoms with Crippen LogP contribution in [0.1, 0.15) is 71.1 Å². The molecule has 0 aromatic carbocycles. The van der Waals surface area contributed by atoms with E-state index < -0.39 is 37.0 Å². The normalized spacial score (nSPS) is 16.0. The van der Waals surface area contributed by atoms with E-state index in [2.05, 4.69) is 6.92 Å². The van der Waals surface area contributed by atoms with Gasteiger partial charge in [0, 0.05) is 6.42 Å². The summed E-state index contributed by atoms with van der Waals surface area (Å²) in [5.74, 6) is -0.486. The Hall–Kier alpha value is -1.02. The van der Waals surface area contributed by atoms with Crippen molar-refractivity contribution in [2.75, 3.05) is 6.61 Å². The number of hydrogen-bond donors (Lipinski definition) is 4. The highest BCUT2D eigenvalue weighted by Gasteiger charge is 2.30. The zero-order valence-corrected chi connectivity index (χ0v) is 15.2. The van der Waals surface area contributed by atoms with E-state index >= 15 is 0 Å². The summed E-state index contributed by atoms with van der Waals surface area (Å²) in [6.07, 6.45) is 3.51. The van der Waals surface area contributed by atoms with Crippen LogP contribution in [0.4, 0.5) is 0 Å². The molecule has 7 nitrogen and oxygen atoms in total. The van der Waals surface area contributed by atoms with Gasteiger partial charge in [0.05, 0.1) is 0 Å². The number of ether oxygens (including phenoxy) is 1. The Labute approximate surface area is 150 Å². The van der Waals surface area contributed by atoms with E-state index in [4.69, 9.17) is 9.84 Å². The van der Waals surface area contributed by atoms with Gasteiger partial charge in [0.1, 0.15) is 31.0 Å². The van der Waals surface area contributed by atoms with Crippen LogP contribution < -0.4 is 0 Å². The third-order valence-electron chi connectivity index (χ3n) is 4.13. The van der Waals surface area contributed by atoms with Crippen LogP contribution in [0.15, 0.2) is 0 Å². The summed E-state index contributed by atoms with van der Waals surface area (Å²) in [5, 5.41) is 37.6. The number of hydrogen-bond acceptors (Lipinski definition) is 7. The molecule has 0 bridgehead atoms. The van der Waals surface area contributed by atoms with Crippen molar-refractivity contribution in [3.05, 3.63) is 0 Å². The molecule has 0 saturated heterocycles. The zero-order chi connectivity index (χ0) is 19.1. The van der Waals surface area contributed by atoms with Crippen LogP contribution in [0.25, 0.3) is 0 Å². The Balaban J connectivity index is 3.68. The van der Waals surface area contributed by atoms with Crippen LogP contribution in [0, 0.1) is 0 Å². The first-order valence-corrected chi connectivity index (χ1v) is 9.27. The minimum atomic E-state index is -1.83. The summed E-state index contributed by atoms with van der Waals surface area (Å²) in [6.45, 7) is 1.69. The van der Waals surface area contributed by atoms with E-state index in [1.807, 2.05) is 0 Å². The molecule has 0 amide bonds. The molecular formula is C18H34O7. The van der Waals surface area contributed by atoms with Crippen molar-refractivity contribution in [3.8, 4) is 0 Å². The largest absolute Gasteiger partial charge is 0.463 e. The fourth-order valence-electron chi connectivity index (χ4n) is 2.44. The quantitative estimate of drug-likeness (QED) is 0.184. The van der Waals surface area contributed by atoms with Gasteiger partial charge in [0.25, 0.3) is 0 Å². The van der Waals surface area contributed by atoms with Gasteiger partial charge in [-0.3, -0.25) is 4.79 Å². The number of aldehydes is 1. The smallest absolute Gasteiger partial charge is 0.305 e. The van der Waals surface area contributed by atoms with Gasteiger partial charge in [-0.1, -0.05) is 58.3 Å². The molecule has 0 aromatic heterocycles. The lowest BCUT2D eigenvalue weighted by Crippen LogP contribution is -2.46. The number of unbranched alkanes of at least 4 members (excludes halogenated alkanes) is 8. The lowest BCUT2D eigenvalue weighted by atomic mass is 10.0. The second-order valence-electron chi connectivity index (χ2n) is 6.44. The second-order valence-corrected chi connectivity index (χ2v) is 6.44. The van der Waals surface area contributed by atoms with Gasteiger partial charge in [0.2, 0.25) is 0 Å². The van der Waals surface area contributed by atoms with Gasteiger partial charge >= 0.3 is 5.97 Å². The van der Waals surface area contributed by atoms with E-state index in [0.717, 1.165) is 12.8 Å². The van der Waals surface area contributed by atoms with E-state index in [9.17, 15) is 24.9 Å². The molecule has 148 valence electrons. The summed E-state index contributed by atoms with van der Waals surface area (Å²) in [6, 6.07) is 0. The molecule has 0 heterocycles. The lowest BCUT2D eigenvalue weighted by Gasteiger charge is -2.23. The van der Waals surface area contributed by atoms with Crippen molar-refractivity contribution in [2.45, 2.75) is 95.5 Å². The minimum absolute atomic E-state index is 0.0520. The Morgan fingerprint density at radius 2 is 1.40 bits per heavy atom. The van der Waals surface area contributed by atoms with Crippen molar-refractivity contribution in [3.63, 3.8) is 0 Å². The van der Waals surface area contributed by atoms with Crippen LogP contribution in [0.3, 0.4) is 0 Å². The Kier molecular flexibility index (Phi) is 14.6. The number of aliphatic hydroxyl groups is 4. The van der Waals surface area contributed by atoms with Gasteiger partial charge < -0.3 is 30.0 Å². The fourth-order valence-corrected chi connectivity index (χ4v) is 2.44. The summed E-state index contributed by atoms with van der Waals surface area (Å²) in [4.78, 5) is 21.9. The highest BCUT2D eigenvalue weighted by atomic mass is 16.5. The average molecular weight is 362 g/mol. The molecule has 0 unspecified atom stereocenters. The van der Waals surface area contributed by atoms with Gasteiger partial charge in [-0.2, -0.15) is 0 Å². The van der Waals surface area contributed by atoms with Crippen molar-refractivity contribution in [1.29, 1.82) is 0 Å². The van der Waals surface area contributed by atoms with Gasteiger partial charge in [-0.25, -0.2) is 0 Å². The summed E-state index contributed by atoms with van der Waals surface area (Å²) >= 11 is 0. The molecule has 0 aliphatic rings. The first-order valence-electron chi connectivity index (χ1n) is 9.27. The molecule has 0 fully saturated rings. The maximum absolute atomic E-state index is 11.6. The Bertz CT molecular complexity index is 348. The number of carbonyl (C=O) groups excluding carboxylic acids is 2. The predicted octanol–water partition coefficient (Wildman–Crippen LogP) is 1.09. The molecule has 4 N–H and O–H groups in total. The standard InChI is InChI=1S/C18H34O7/c1-2-3-4-5-6-7-8-9-10-11-16(22)25-13-15(21)18(24)17(23)14(20)12-19/h12,14-15,17-18,20-21,23-24H,2-11,13H2,1H3/t14-,15+,17+,18-/m0/s1. The zero-order valence-electron chi connectivity index (χ0n) is 15.2. The average Bonchev–Trinajstić information content (AvgIpc) is 2.62. The van der Waals surface area contributed by atoms with Gasteiger partial charge in [-0.15, -0.1) is 0 Å². The summed E-state index contributed by atoms with van der Waals surface area (Å²) < 4.78 is 4.83. The molecule has 25 heavy (non-hydrogen) atoms. The van der Waals surface area contributed by atoms with Gasteiger partial charge in [-0.05, 0) is 6.42 Å². The molecule has 0 aliphatic carbocycles. The van der Waals surface area contributed by atoms with Gasteiger partial charge in [0.15, 0.2) is 6.29 Å². The monoisotopic (exact) mass is 362 g/mol. The number of esters is 1. The minimum Gasteiger partial charge on any atom is -0.463 e. The first kappa shape index (κ1) is 24.0. The van der Waals surface area contributed by atoms with E-state index in [-0.39, 0.29) is 12.7 Å². The van der Waals surface area contributed by atoms with Crippen LogP contribution in [0.2, 0.25) is 0 Å². The summed E-state index contributed by atoms with van der Waals surface area (Å²) in [5.41, 5.74) is 0. The highest BCUT2D eigenvalue weighted by Crippen LogP contribution is 2.11. The van der Waals surface area contributed by atoms with Crippen molar-refractivity contribution >= 4 is 12.3 Å². The van der Waals surface area contributed by atoms with Crippen LogP contribution in [-0.2, 0) is 14.3 Å².